The Balaban J connectivity index is 2.85. The molecule has 0 bridgehead atoms. The van der Waals surface area contributed by atoms with Crippen LogP contribution in [0.4, 0.5) is 10.5 Å². The number of carbonyl (C=O) groups is 2. The average Bonchev–Trinajstić information content (AvgIpc) is 2.40. The molecular formula is C12H14N2O6. The summed E-state index contributed by atoms with van der Waals surface area (Å²) >= 11 is 0. The Kier molecular flexibility index (Phi) is 5.01. The summed E-state index contributed by atoms with van der Waals surface area (Å²) < 4.78 is 9.47. The van der Waals surface area contributed by atoms with Crippen LogP contribution in [-0.2, 0) is 9.53 Å². The van der Waals surface area contributed by atoms with Crippen molar-refractivity contribution in [3.05, 3.63) is 33.9 Å². The van der Waals surface area contributed by atoms with Gasteiger partial charge in [-0.3, -0.25) is 20.2 Å². The van der Waals surface area contributed by atoms with E-state index in [4.69, 9.17) is 4.74 Å². The van der Waals surface area contributed by atoms with E-state index in [0.29, 0.717) is 5.56 Å². The summed E-state index contributed by atoms with van der Waals surface area (Å²) in [5.74, 6) is -0.806. The van der Waals surface area contributed by atoms with E-state index in [0.717, 1.165) is 7.11 Å². The minimum absolute atomic E-state index is 0.0480. The molecule has 1 atom stereocenters. The highest BCUT2D eigenvalue weighted by atomic mass is 16.6. The first-order chi connectivity index (χ1) is 9.35. The van der Waals surface area contributed by atoms with Crippen molar-refractivity contribution < 1.29 is 24.0 Å². The molecule has 0 heterocycles. The van der Waals surface area contributed by atoms with Crippen LogP contribution in [0.3, 0.4) is 0 Å². The number of nitrogens with zero attached hydrogens (tertiary/aromatic N) is 1. The lowest BCUT2D eigenvalue weighted by atomic mass is 10.2. The minimum Gasteiger partial charge on any atom is -0.474 e. The number of carbonyl (C=O) groups excluding carboxylic acids is 2. The van der Waals surface area contributed by atoms with Gasteiger partial charge in [0.05, 0.1) is 12.0 Å². The molecule has 0 aliphatic rings. The number of amides is 2. The lowest BCUT2D eigenvalue weighted by molar-refractivity contribution is -0.386. The SMILES string of the molecule is COC(=O)NC(=O)[C@H](C)Oc1ccc(C)cc1[N+](=O)[O-]. The van der Waals surface area contributed by atoms with Gasteiger partial charge in [0.2, 0.25) is 0 Å². The number of hydrogen-bond acceptors (Lipinski definition) is 6. The fraction of sp³-hybridized carbons (Fsp3) is 0.333. The number of nitro groups is 1. The first-order valence-corrected chi connectivity index (χ1v) is 5.65. The molecule has 8 heteroatoms. The number of nitrogens with one attached hydrogen (secondary N) is 1. The summed E-state index contributed by atoms with van der Waals surface area (Å²) in [6.45, 7) is 3.06. The molecule has 20 heavy (non-hydrogen) atoms. The number of ether oxygens (including phenoxy) is 2. The van der Waals surface area contributed by atoms with E-state index in [1.54, 1.807) is 13.0 Å². The highest BCUT2D eigenvalue weighted by Gasteiger charge is 2.22. The summed E-state index contributed by atoms with van der Waals surface area (Å²) in [7, 11) is 1.11. The highest BCUT2D eigenvalue weighted by molar-refractivity contribution is 5.94. The van der Waals surface area contributed by atoms with Crippen LogP contribution in [0.5, 0.6) is 5.75 Å². The second-order valence-corrected chi connectivity index (χ2v) is 3.97. The average molecular weight is 282 g/mol. The van der Waals surface area contributed by atoms with Crippen molar-refractivity contribution in [2.75, 3.05) is 7.11 Å². The Morgan fingerprint density at radius 1 is 1.40 bits per heavy atom. The number of alkyl carbamates (subject to hydrolysis) is 1. The second-order valence-electron chi connectivity index (χ2n) is 3.97. The number of benzene rings is 1. The van der Waals surface area contributed by atoms with Crippen LogP contribution in [0.2, 0.25) is 0 Å². The molecule has 0 saturated carbocycles. The molecule has 1 N–H and O–H groups in total. The molecule has 1 aromatic carbocycles. The Morgan fingerprint density at radius 3 is 2.60 bits per heavy atom. The van der Waals surface area contributed by atoms with Crippen LogP contribution in [-0.4, -0.2) is 30.1 Å². The molecule has 0 aliphatic carbocycles. The van der Waals surface area contributed by atoms with Gasteiger partial charge < -0.3 is 9.47 Å². The Labute approximate surface area is 114 Å². The topological polar surface area (TPSA) is 108 Å². The smallest absolute Gasteiger partial charge is 0.413 e. The molecule has 1 aromatic rings. The van der Waals surface area contributed by atoms with Crippen molar-refractivity contribution in [2.24, 2.45) is 0 Å². The molecule has 108 valence electrons. The first kappa shape index (κ1) is 15.4. The molecule has 2 amide bonds. The Morgan fingerprint density at radius 2 is 2.05 bits per heavy atom. The maximum absolute atomic E-state index is 11.6. The van der Waals surface area contributed by atoms with Crippen molar-refractivity contribution >= 4 is 17.7 Å². The van der Waals surface area contributed by atoms with Crippen molar-refractivity contribution in [1.82, 2.24) is 5.32 Å². The van der Waals surface area contributed by atoms with Crippen LogP contribution in [0, 0.1) is 17.0 Å². The van der Waals surface area contributed by atoms with Gasteiger partial charge in [0, 0.05) is 6.07 Å². The fourth-order valence-electron chi connectivity index (χ4n) is 1.37. The van der Waals surface area contributed by atoms with Gasteiger partial charge in [-0.05, 0) is 25.5 Å². The molecule has 0 saturated heterocycles. The quantitative estimate of drug-likeness (QED) is 0.663. The minimum atomic E-state index is -1.09. The molecule has 0 radical (unpaired) electrons. The molecule has 0 fully saturated rings. The van der Waals surface area contributed by atoms with Crippen molar-refractivity contribution in [3.8, 4) is 5.75 Å². The van der Waals surface area contributed by atoms with E-state index in [9.17, 15) is 19.7 Å². The number of hydrogen-bond donors (Lipinski definition) is 1. The molecule has 0 aromatic heterocycles. The normalized spacial score (nSPS) is 11.3. The lowest BCUT2D eigenvalue weighted by Crippen LogP contribution is -2.40. The van der Waals surface area contributed by atoms with Gasteiger partial charge in [-0.2, -0.15) is 0 Å². The van der Waals surface area contributed by atoms with Gasteiger partial charge in [0.15, 0.2) is 11.9 Å². The Hall–Kier alpha value is -2.64. The molecule has 8 nitrogen and oxygen atoms in total. The summed E-state index contributed by atoms with van der Waals surface area (Å²) in [6, 6.07) is 4.35. The van der Waals surface area contributed by atoms with E-state index >= 15 is 0 Å². The molecular weight excluding hydrogens is 268 g/mol. The van der Waals surface area contributed by atoms with Crippen molar-refractivity contribution in [1.29, 1.82) is 0 Å². The monoisotopic (exact) mass is 282 g/mol. The van der Waals surface area contributed by atoms with E-state index in [1.165, 1.54) is 19.1 Å². The van der Waals surface area contributed by atoms with E-state index in [1.807, 2.05) is 5.32 Å². The zero-order valence-corrected chi connectivity index (χ0v) is 11.2. The number of aryl methyl sites for hydroxylation is 1. The number of methoxy groups -OCH3 is 1. The fourth-order valence-corrected chi connectivity index (χ4v) is 1.37. The van der Waals surface area contributed by atoms with Crippen molar-refractivity contribution in [2.45, 2.75) is 20.0 Å². The van der Waals surface area contributed by atoms with Crippen LogP contribution >= 0.6 is 0 Å². The third-order valence-electron chi connectivity index (χ3n) is 2.39. The second kappa shape index (κ2) is 6.50. The lowest BCUT2D eigenvalue weighted by Gasteiger charge is -2.13. The van der Waals surface area contributed by atoms with Gasteiger partial charge in [-0.15, -0.1) is 0 Å². The molecule has 0 unspecified atom stereocenters. The number of rotatable bonds is 4. The van der Waals surface area contributed by atoms with Crippen LogP contribution < -0.4 is 10.1 Å². The van der Waals surface area contributed by atoms with Crippen LogP contribution in [0.1, 0.15) is 12.5 Å². The Bertz CT molecular complexity index is 543. The van der Waals surface area contributed by atoms with E-state index < -0.39 is 23.0 Å². The summed E-state index contributed by atoms with van der Waals surface area (Å²) in [4.78, 5) is 32.7. The van der Waals surface area contributed by atoms with Gasteiger partial charge in [-0.1, -0.05) is 6.07 Å². The van der Waals surface area contributed by atoms with Crippen LogP contribution in [0.15, 0.2) is 18.2 Å². The maximum atomic E-state index is 11.6. The molecule has 1 rings (SSSR count). The summed E-state index contributed by atoms with van der Waals surface area (Å²) in [6.07, 6.45) is -2.01. The zero-order chi connectivity index (χ0) is 15.3. The van der Waals surface area contributed by atoms with Gasteiger partial charge in [-0.25, -0.2) is 4.79 Å². The number of imide groups is 1. The van der Waals surface area contributed by atoms with Crippen LogP contribution in [0.25, 0.3) is 0 Å². The maximum Gasteiger partial charge on any atom is 0.413 e. The van der Waals surface area contributed by atoms with E-state index in [-0.39, 0.29) is 11.4 Å². The molecule has 0 spiro atoms. The zero-order valence-electron chi connectivity index (χ0n) is 11.2. The first-order valence-electron chi connectivity index (χ1n) is 5.65. The van der Waals surface area contributed by atoms with Gasteiger partial charge in [0.1, 0.15) is 0 Å². The standard InChI is InChI=1S/C12H14N2O6/c1-7-4-5-10(9(6-7)14(17)18)20-8(2)11(15)13-12(16)19-3/h4-6,8H,1-3H3,(H,13,15,16)/t8-/m0/s1. The predicted octanol–water partition coefficient (Wildman–Crippen LogP) is 1.55. The van der Waals surface area contributed by atoms with E-state index in [2.05, 4.69) is 4.74 Å². The largest absolute Gasteiger partial charge is 0.474 e. The highest BCUT2D eigenvalue weighted by Crippen LogP contribution is 2.28. The molecule has 0 aliphatic heterocycles. The van der Waals surface area contributed by atoms with Gasteiger partial charge in [0.25, 0.3) is 5.91 Å². The third kappa shape index (κ3) is 3.94. The third-order valence-corrected chi connectivity index (χ3v) is 2.39. The summed E-state index contributed by atoms with van der Waals surface area (Å²) in [5.41, 5.74) is 0.443. The summed E-state index contributed by atoms with van der Waals surface area (Å²) in [5, 5.41) is 12.8. The van der Waals surface area contributed by atoms with Gasteiger partial charge >= 0.3 is 11.8 Å². The number of nitro benzene ring substituents is 1. The van der Waals surface area contributed by atoms with Crippen molar-refractivity contribution in [3.63, 3.8) is 0 Å². The predicted molar refractivity (Wildman–Crippen MR) is 68.5 cm³/mol.